The first-order valence-electron chi connectivity index (χ1n) is 9.10. The molecule has 1 amide bonds. The Labute approximate surface area is 161 Å². The Morgan fingerprint density at radius 1 is 1.19 bits per heavy atom. The molecular formula is C19H29ClN2O4. The molecule has 2 aliphatic rings. The van der Waals surface area contributed by atoms with Crippen LogP contribution in [0.1, 0.15) is 31.2 Å². The van der Waals surface area contributed by atoms with Gasteiger partial charge in [-0.3, -0.25) is 4.79 Å². The average Bonchev–Trinajstić information content (AvgIpc) is 3.13. The number of fused-ring (bicyclic) bond motifs is 1. The highest BCUT2D eigenvalue weighted by atomic mass is 35.5. The topological polar surface area (TPSA) is 68.8 Å². The van der Waals surface area contributed by atoms with Gasteiger partial charge < -0.3 is 24.8 Å². The lowest BCUT2D eigenvalue weighted by Crippen LogP contribution is -2.42. The van der Waals surface area contributed by atoms with Gasteiger partial charge in [0, 0.05) is 25.6 Å². The first-order chi connectivity index (χ1) is 12.2. The van der Waals surface area contributed by atoms with Crippen LogP contribution in [-0.4, -0.2) is 52.5 Å². The van der Waals surface area contributed by atoms with Gasteiger partial charge in [0.25, 0.3) is 0 Å². The number of ether oxygens (including phenoxy) is 3. The van der Waals surface area contributed by atoms with Crippen molar-refractivity contribution in [2.75, 3.05) is 46.6 Å². The standard InChI is InChI=1S/C19H28N2O4.ClH/c1-23-9-8-20-13-18(22)21-14-19(6-2-3-7-19)15-4-5-16-17(12-15)25-11-10-24-16;/h4-5,12,20H,2-3,6-11,13-14H2,1H3,(H,21,22);1H. The van der Waals surface area contributed by atoms with Crippen LogP contribution in [0.3, 0.4) is 0 Å². The van der Waals surface area contributed by atoms with Gasteiger partial charge in [0.15, 0.2) is 11.5 Å². The molecule has 1 aliphatic carbocycles. The highest BCUT2D eigenvalue weighted by molar-refractivity contribution is 5.85. The van der Waals surface area contributed by atoms with E-state index in [9.17, 15) is 4.79 Å². The number of carbonyl (C=O) groups excluding carboxylic acids is 1. The van der Waals surface area contributed by atoms with Crippen molar-refractivity contribution in [2.45, 2.75) is 31.1 Å². The predicted molar refractivity (Wildman–Crippen MR) is 103 cm³/mol. The summed E-state index contributed by atoms with van der Waals surface area (Å²) in [4.78, 5) is 12.1. The van der Waals surface area contributed by atoms with Crippen LogP contribution < -0.4 is 20.1 Å². The fourth-order valence-corrected chi connectivity index (χ4v) is 3.70. The van der Waals surface area contributed by atoms with Gasteiger partial charge >= 0.3 is 0 Å². The molecule has 6 nitrogen and oxygen atoms in total. The molecule has 7 heteroatoms. The number of methoxy groups -OCH3 is 1. The second-order valence-electron chi connectivity index (χ2n) is 6.79. The van der Waals surface area contributed by atoms with Crippen molar-refractivity contribution < 1.29 is 19.0 Å². The van der Waals surface area contributed by atoms with Gasteiger partial charge in [-0.05, 0) is 30.5 Å². The van der Waals surface area contributed by atoms with E-state index in [0.29, 0.717) is 39.5 Å². The molecule has 0 aromatic heterocycles. The van der Waals surface area contributed by atoms with E-state index >= 15 is 0 Å². The Hall–Kier alpha value is -1.50. The van der Waals surface area contributed by atoms with Crippen LogP contribution in [0, 0.1) is 0 Å². The van der Waals surface area contributed by atoms with E-state index in [1.807, 2.05) is 6.07 Å². The Morgan fingerprint density at radius 2 is 1.92 bits per heavy atom. The quantitative estimate of drug-likeness (QED) is 0.671. The Kier molecular flexibility index (Phi) is 8.00. The Morgan fingerprint density at radius 3 is 2.65 bits per heavy atom. The number of rotatable bonds is 8. The summed E-state index contributed by atoms with van der Waals surface area (Å²) in [5.74, 6) is 1.66. The maximum atomic E-state index is 12.1. The molecule has 0 bridgehead atoms. The Bertz CT molecular complexity index is 591. The third kappa shape index (κ3) is 5.02. The van der Waals surface area contributed by atoms with E-state index in [1.165, 1.54) is 18.4 Å². The lowest BCUT2D eigenvalue weighted by atomic mass is 9.78. The summed E-state index contributed by atoms with van der Waals surface area (Å²) in [6, 6.07) is 6.22. The van der Waals surface area contributed by atoms with Gasteiger partial charge in [-0.25, -0.2) is 0 Å². The van der Waals surface area contributed by atoms with Crippen LogP contribution in [0.15, 0.2) is 18.2 Å². The number of amides is 1. The highest BCUT2D eigenvalue weighted by Gasteiger charge is 2.36. The average molecular weight is 385 g/mol. The molecule has 26 heavy (non-hydrogen) atoms. The van der Waals surface area contributed by atoms with E-state index in [2.05, 4.69) is 22.8 Å². The maximum absolute atomic E-state index is 12.1. The second-order valence-corrected chi connectivity index (χ2v) is 6.79. The monoisotopic (exact) mass is 384 g/mol. The van der Waals surface area contributed by atoms with Crippen molar-refractivity contribution in [3.05, 3.63) is 23.8 Å². The molecule has 1 fully saturated rings. The van der Waals surface area contributed by atoms with Gasteiger partial charge in [-0.1, -0.05) is 18.9 Å². The largest absolute Gasteiger partial charge is 0.486 e. The zero-order valence-corrected chi connectivity index (χ0v) is 16.2. The van der Waals surface area contributed by atoms with E-state index < -0.39 is 0 Å². The number of hydrogen-bond acceptors (Lipinski definition) is 5. The van der Waals surface area contributed by atoms with Crippen LogP contribution in [0.5, 0.6) is 11.5 Å². The number of hydrogen-bond donors (Lipinski definition) is 2. The minimum absolute atomic E-state index is 0. The minimum Gasteiger partial charge on any atom is -0.486 e. The van der Waals surface area contributed by atoms with Gasteiger partial charge in [0.2, 0.25) is 5.91 Å². The van der Waals surface area contributed by atoms with Crippen molar-refractivity contribution in [3.63, 3.8) is 0 Å². The van der Waals surface area contributed by atoms with Crippen LogP contribution in [0.4, 0.5) is 0 Å². The summed E-state index contributed by atoms with van der Waals surface area (Å²) in [6.07, 6.45) is 4.56. The fraction of sp³-hybridized carbons (Fsp3) is 0.632. The van der Waals surface area contributed by atoms with Crippen LogP contribution in [0.2, 0.25) is 0 Å². The molecule has 1 aromatic rings. The molecule has 3 rings (SSSR count). The molecule has 2 N–H and O–H groups in total. The molecule has 1 heterocycles. The molecular weight excluding hydrogens is 356 g/mol. The normalized spacial score (nSPS) is 17.4. The summed E-state index contributed by atoms with van der Waals surface area (Å²) in [5, 5.41) is 6.19. The summed E-state index contributed by atoms with van der Waals surface area (Å²) in [7, 11) is 1.65. The van der Waals surface area contributed by atoms with Crippen LogP contribution >= 0.6 is 12.4 Å². The van der Waals surface area contributed by atoms with E-state index in [0.717, 1.165) is 24.3 Å². The Balaban J connectivity index is 0.00000243. The summed E-state index contributed by atoms with van der Waals surface area (Å²) in [6.45, 7) is 3.46. The molecule has 0 spiro atoms. The van der Waals surface area contributed by atoms with Crippen LogP contribution in [0.25, 0.3) is 0 Å². The number of nitrogens with one attached hydrogen (secondary N) is 2. The van der Waals surface area contributed by atoms with Gasteiger partial charge in [0.1, 0.15) is 13.2 Å². The highest BCUT2D eigenvalue weighted by Crippen LogP contribution is 2.43. The SMILES string of the molecule is COCCNCC(=O)NCC1(c2ccc3c(c2)OCCO3)CCCC1.Cl. The first kappa shape index (κ1) is 20.8. The van der Waals surface area contributed by atoms with Crippen molar-refractivity contribution in [1.29, 1.82) is 0 Å². The maximum Gasteiger partial charge on any atom is 0.233 e. The number of halogens is 1. The molecule has 0 atom stereocenters. The zero-order valence-electron chi connectivity index (χ0n) is 15.3. The number of carbonyl (C=O) groups is 1. The zero-order chi connectivity index (χ0) is 17.5. The molecule has 146 valence electrons. The van der Waals surface area contributed by atoms with Crippen molar-refractivity contribution in [1.82, 2.24) is 10.6 Å². The predicted octanol–water partition coefficient (Wildman–Crippen LogP) is 2.04. The van der Waals surface area contributed by atoms with Crippen molar-refractivity contribution in [3.8, 4) is 11.5 Å². The summed E-state index contributed by atoms with van der Waals surface area (Å²) >= 11 is 0. The van der Waals surface area contributed by atoms with E-state index in [1.54, 1.807) is 7.11 Å². The number of benzene rings is 1. The third-order valence-electron chi connectivity index (χ3n) is 5.11. The molecule has 1 aromatic carbocycles. The summed E-state index contributed by atoms with van der Waals surface area (Å²) in [5.41, 5.74) is 1.24. The van der Waals surface area contributed by atoms with Crippen LogP contribution in [-0.2, 0) is 14.9 Å². The minimum atomic E-state index is -0.00196. The molecule has 1 saturated carbocycles. The summed E-state index contributed by atoms with van der Waals surface area (Å²) < 4.78 is 16.3. The molecule has 0 unspecified atom stereocenters. The lowest BCUT2D eigenvalue weighted by molar-refractivity contribution is -0.120. The van der Waals surface area contributed by atoms with Gasteiger partial charge in [0.05, 0.1) is 13.2 Å². The smallest absolute Gasteiger partial charge is 0.233 e. The van der Waals surface area contributed by atoms with E-state index in [-0.39, 0.29) is 23.7 Å². The fourth-order valence-electron chi connectivity index (χ4n) is 3.70. The van der Waals surface area contributed by atoms with Gasteiger partial charge in [-0.2, -0.15) is 0 Å². The lowest BCUT2D eigenvalue weighted by Gasteiger charge is -2.31. The second kappa shape index (κ2) is 10.00. The molecule has 0 radical (unpaired) electrons. The molecule has 1 aliphatic heterocycles. The van der Waals surface area contributed by atoms with E-state index in [4.69, 9.17) is 14.2 Å². The van der Waals surface area contributed by atoms with Gasteiger partial charge in [-0.15, -0.1) is 12.4 Å². The first-order valence-corrected chi connectivity index (χ1v) is 9.10. The van der Waals surface area contributed by atoms with Crippen molar-refractivity contribution in [2.24, 2.45) is 0 Å². The third-order valence-corrected chi connectivity index (χ3v) is 5.11. The molecule has 0 saturated heterocycles. The van der Waals surface area contributed by atoms with Crippen molar-refractivity contribution >= 4 is 18.3 Å².